The summed E-state index contributed by atoms with van der Waals surface area (Å²) in [4.78, 5) is 23.7. The Labute approximate surface area is 160 Å². The highest BCUT2D eigenvalue weighted by molar-refractivity contribution is 5.95. The lowest BCUT2D eigenvalue weighted by Gasteiger charge is -2.19. The molecule has 28 heavy (non-hydrogen) atoms. The number of rotatable bonds is 6. The Morgan fingerprint density at radius 2 is 1.75 bits per heavy atom. The van der Waals surface area contributed by atoms with Crippen LogP contribution in [0.15, 0.2) is 72.8 Å². The first-order chi connectivity index (χ1) is 13.4. The van der Waals surface area contributed by atoms with Gasteiger partial charge in [0.15, 0.2) is 5.75 Å². The molecule has 0 aliphatic heterocycles. The molecule has 0 saturated carbocycles. The van der Waals surface area contributed by atoms with Crippen molar-refractivity contribution in [3.05, 3.63) is 99.9 Å². The maximum atomic E-state index is 13.1. The molecule has 6 nitrogen and oxygen atoms in total. The fraction of sp³-hybridized carbons (Fsp3) is 0.0952. The lowest BCUT2D eigenvalue weighted by molar-refractivity contribution is -0.386. The molecule has 1 atom stereocenters. The van der Waals surface area contributed by atoms with Gasteiger partial charge in [0.1, 0.15) is 5.82 Å². The molecule has 3 aromatic carbocycles. The number of benzene rings is 3. The van der Waals surface area contributed by atoms with E-state index in [1.54, 1.807) is 43.3 Å². The van der Waals surface area contributed by atoms with Crippen LogP contribution in [0, 0.1) is 22.9 Å². The van der Waals surface area contributed by atoms with E-state index in [1.165, 1.54) is 36.4 Å². The molecule has 1 amide bonds. The Bertz CT molecular complexity index is 991. The quantitative estimate of drug-likeness (QED) is 0.492. The van der Waals surface area contributed by atoms with Crippen LogP contribution in [0.3, 0.4) is 0 Å². The van der Waals surface area contributed by atoms with Crippen LogP contribution in [0.1, 0.15) is 17.2 Å². The topological polar surface area (TPSA) is 81.5 Å². The number of nitro benzene ring substituents is 1. The van der Waals surface area contributed by atoms with Crippen molar-refractivity contribution in [2.45, 2.75) is 13.0 Å². The summed E-state index contributed by atoms with van der Waals surface area (Å²) in [7, 11) is 0. The molecule has 0 saturated heterocycles. The predicted molar refractivity (Wildman–Crippen MR) is 103 cm³/mol. The predicted octanol–water partition coefficient (Wildman–Crippen LogP) is 4.80. The van der Waals surface area contributed by atoms with E-state index in [9.17, 15) is 19.3 Å². The number of hydrogen-bond donors (Lipinski definition) is 1. The second-order valence-electron chi connectivity index (χ2n) is 6.13. The van der Waals surface area contributed by atoms with E-state index < -0.39 is 22.8 Å². The van der Waals surface area contributed by atoms with Gasteiger partial charge in [0.05, 0.1) is 4.92 Å². The van der Waals surface area contributed by atoms with Gasteiger partial charge in [-0.05, 0) is 42.8 Å². The molecule has 7 heteroatoms. The SMILES string of the molecule is Cc1ccc(O[C@H](C(=O)Nc2ccc(F)cc2)c2ccccc2)c([N+](=O)[O-])c1. The third kappa shape index (κ3) is 4.50. The highest BCUT2D eigenvalue weighted by Gasteiger charge is 2.26. The van der Waals surface area contributed by atoms with Crippen molar-refractivity contribution in [3.8, 4) is 5.75 Å². The Balaban J connectivity index is 1.93. The van der Waals surface area contributed by atoms with Crippen molar-refractivity contribution >= 4 is 17.3 Å². The second kappa shape index (κ2) is 8.30. The number of carbonyl (C=O) groups excluding carboxylic acids is 1. The van der Waals surface area contributed by atoms with Crippen LogP contribution in [-0.4, -0.2) is 10.8 Å². The van der Waals surface area contributed by atoms with Gasteiger partial charge in [0, 0.05) is 17.3 Å². The second-order valence-corrected chi connectivity index (χ2v) is 6.13. The van der Waals surface area contributed by atoms with Crippen molar-refractivity contribution < 1.29 is 18.8 Å². The summed E-state index contributed by atoms with van der Waals surface area (Å²) in [5.41, 5.74) is 1.38. The lowest BCUT2D eigenvalue weighted by Crippen LogP contribution is -2.26. The number of anilines is 1. The normalized spacial score (nSPS) is 11.5. The molecule has 0 heterocycles. The van der Waals surface area contributed by atoms with Crippen LogP contribution in [0.25, 0.3) is 0 Å². The summed E-state index contributed by atoms with van der Waals surface area (Å²) in [5.74, 6) is -0.976. The van der Waals surface area contributed by atoms with Crippen LogP contribution in [0.5, 0.6) is 5.75 Å². The number of carbonyl (C=O) groups is 1. The van der Waals surface area contributed by atoms with Crippen molar-refractivity contribution in [3.63, 3.8) is 0 Å². The molecule has 0 fully saturated rings. The number of amides is 1. The monoisotopic (exact) mass is 380 g/mol. The standard InChI is InChI=1S/C21H17FN2O4/c1-14-7-12-19(18(13-14)24(26)27)28-20(15-5-3-2-4-6-15)21(25)23-17-10-8-16(22)9-11-17/h2-13,20H,1H3,(H,23,25)/t20-/m0/s1. The zero-order chi connectivity index (χ0) is 20.1. The van der Waals surface area contributed by atoms with Crippen LogP contribution >= 0.6 is 0 Å². The molecule has 0 bridgehead atoms. The van der Waals surface area contributed by atoms with Gasteiger partial charge >= 0.3 is 5.69 Å². The third-order valence-electron chi connectivity index (χ3n) is 4.01. The number of aryl methyl sites for hydroxylation is 1. The highest BCUT2D eigenvalue weighted by atomic mass is 19.1. The molecule has 0 radical (unpaired) electrons. The molecule has 0 aliphatic carbocycles. The Morgan fingerprint density at radius 1 is 1.07 bits per heavy atom. The summed E-state index contributed by atoms with van der Waals surface area (Å²) >= 11 is 0. The van der Waals surface area contributed by atoms with E-state index in [-0.39, 0.29) is 11.4 Å². The lowest BCUT2D eigenvalue weighted by atomic mass is 10.1. The number of ether oxygens (including phenoxy) is 1. The minimum atomic E-state index is -1.13. The number of hydrogen-bond acceptors (Lipinski definition) is 4. The minimum Gasteiger partial charge on any atom is -0.469 e. The van der Waals surface area contributed by atoms with E-state index in [0.717, 1.165) is 0 Å². The van der Waals surface area contributed by atoms with Crippen molar-refractivity contribution in [1.29, 1.82) is 0 Å². The van der Waals surface area contributed by atoms with E-state index >= 15 is 0 Å². The van der Waals surface area contributed by atoms with E-state index in [2.05, 4.69) is 5.32 Å². The summed E-state index contributed by atoms with van der Waals surface area (Å²) in [6.07, 6.45) is -1.13. The summed E-state index contributed by atoms with van der Waals surface area (Å²) in [5, 5.41) is 14.0. The van der Waals surface area contributed by atoms with Crippen LogP contribution in [0.2, 0.25) is 0 Å². The van der Waals surface area contributed by atoms with Gasteiger partial charge in [-0.25, -0.2) is 4.39 Å². The molecule has 3 rings (SSSR count). The molecule has 0 spiro atoms. The van der Waals surface area contributed by atoms with Crippen molar-refractivity contribution in [2.75, 3.05) is 5.32 Å². The van der Waals surface area contributed by atoms with Gasteiger partial charge in [-0.1, -0.05) is 36.4 Å². The Morgan fingerprint density at radius 3 is 2.39 bits per heavy atom. The summed E-state index contributed by atoms with van der Waals surface area (Å²) < 4.78 is 18.9. The van der Waals surface area contributed by atoms with E-state index in [0.29, 0.717) is 16.8 Å². The molecule has 142 valence electrons. The molecule has 0 aromatic heterocycles. The first-order valence-corrected chi connectivity index (χ1v) is 8.47. The maximum Gasteiger partial charge on any atom is 0.311 e. The van der Waals surface area contributed by atoms with E-state index in [1.807, 2.05) is 0 Å². The molecule has 0 unspecified atom stereocenters. The fourth-order valence-corrected chi connectivity index (χ4v) is 2.64. The van der Waals surface area contributed by atoms with Crippen LogP contribution in [-0.2, 0) is 4.79 Å². The van der Waals surface area contributed by atoms with Crippen molar-refractivity contribution in [1.82, 2.24) is 0 Å². The molecule has 0 aliphatic rings. The fourth-order valence-electron chi connectivity index (χ4n) is 2.64. The van der Waals surface area contributed by atoms with Crippen LogP contribution < -0.4 is 10.1 Å². The van der Waals surface area contributed by atoms with Gasteiger partial charge in [-0.3, -0.25) is 14.9 Å². The first-order valence-electron chi connectivity index (χ1n) is 8.47. The highest BCUT2D eigenvalue weighted by Crippen LogP contribution is 2.32. The zero-order valence-electron chi connectivity index (χ0n) is 15.0. The van der Waals surface area contributed by atoms with Gasteiger partial charge < -0.3 is 10.1 Å². The largest absolute Gasteiger partial charge is 0.469 e. The number of nitrogens with zero attached hydrogens (tertiary/aromatic N) is 1. The first kappa shape index (κ1) is 19.0. The number of halogens is 1. The number of nitrogens with one attached hydrogen (secondary N) is 1. The summed E-state index contributed by atoms with van der Waals surface area (Å²) in [6.45, 7) is 1.73. The average Bonchev–Trinajstić information content (AvgIpc) is 2.69. The minimum absolute atomic E-state index is 0.0151. The van der Waals surface area contributed by atoms with Gasteiger partial charge in [0.25, 0.3) is 5.91 Å². The zero-order valence-corrected chi connectivity index (χ0v) is 15.0. The Hall–Kier alpha value is -3.74. The molecule has 3 aromatic rings. The molecular weight excluding hydrogens is 363 g/mol. The Kier molecular flexibility index (Phi) is 5.64. The summed E-state index contributed by atoms with van der Waals surface area (Å²) in [6, 6.07) is 18.4. The van der Waals surface area contributed by atoms with Gasteiger partial charge in [-0.15, -0.1) is 0 Å². The molecule has 1 N–H and O–H groups in total. The van der Waals surface area contributed by atoms with Crippen molar-refractivity contribution in [2.24, 2.45) is 0 Å². The smallest absolute Gasteiger partial charge is 0.311 e. The van der Waals surface area contributed by atoms with E-state index in [4.69, 9.17) is 4.74 Å². The number of nitro groups is 1. The third-order valence-corrected chi connectivity index (χ3v) is 4.01. The maximum absolute atomic E-state index is 13.1. The van der Waals surface area contributed by atoms with Gasteiger partial charge in [0.2, 0.25) is 6.10 Å². The average molecular weight is 380 g/mol. The van der Waals surface area contributed by atoms with Crippen LogP contribution in [0.4, 0.5) is 15.8 Å². The molecular formula is C21H17FN2O4. The van der Waals surface area contributed by atoms with Gasteiger partial charge in [-0.2, -0.15) is 0 Å².